The number of fused-ring (bicyclic) bond motifs is 2. The Hall–Kier alpha value is -4.08. The molecule has 4 fully saturated rings. The minimum absolute atomic E-state index is 0.163. The highest BCUT2D eigenvalue weighted by molar-refractivity contribution is 6.26. The summed E-state index contributed by atoms with van der Waals surface area (Å²) in [4.78, 5) is 83.0. The zero-order valence-electron chi connectivity index (χ0n) is 22.1. The molecule has 1 aromatic carbocycles. The summed E-state index contributed by atoms with van der Waals surface area (Å²) in [5.41, 5.74) is -1.95. The fourth-order valence-corrected chi connectivity index (χ4v) is 8.46. The van der Waals surface area contributed by atoms with Crippen LogP contribution in [0.3, 0.4) is 0 Å². The van der Waals surface area contributed by atoms with E-state index in [-0.39, 0.29) is 23.2 Å². The Morgan fingerprint density at radius 1 is 0.725 bits per heavy atom. The van der Waals surface area contributed by atoms with Gasteiger partial charge in [-0.05, 0) is 55.7 Å². The first kappa shape index (κ1) is 24.9. The molecule has 2 heterocycles. The molecule has 206 valence electrons. The van der Waals surface area contributed by atoms with Crippen molar-refractivity contribution in [1.82, 2.24) is 0 Å². The van der Waals surface area contributed by atoms with Crippen molar-refractivity contribution in [1.29, 1.82) is 0 Å². The number of carbonyl (C=O) groups is 6. The minimum atomic E-state index is -1.20. The number of imide groups is 2. The molecule has 40 heavy (non-hydrogen) atoms. The van der Waals surface area contributed by atoms with Gasteiger partial charge in [0.2, 0.25) is 23.6 Å². The largest absolute Gasteiger partial charge is 0.468 e. The van der Waals surface area contributed by atoms with E-state index in [9.17, 15) is 28.8 Å². The number of benzene rings is 1. The van der Waals surface area contributed by atoms with Gasteiger partial charge in [-0.1, -0.05) is 30.4 Å². The van der Waals surface area contributed by atoms with Crippen molar-refractivity contribution < 1.29 is 38.2 Å². The van der Waals surface area contributed by atoms with E-state index in [0.29, 0.717) is 25.7 Å². The molecule has 4 bridgehead atoms. The third-order valence-corrected chi connectivity index (χ3v) is 10.3. The third-order valence-electron chi connectivity index (χ3n) is 10.3. The summed E-state index contributed by atoms with van der Waals surface area (Å²) in [5.74, 6) is -6.33. The standard InChI is InChI=1S/C30H28N2O8/c1-39-27(37)29-10-6-15(7-11-29)19-21(29)25(35)31(23(19)33)17-4-3-5-18(14-17)32-24(34)20-16-8-12-30(13-9-16,28(38)40-2)22(20)26(32)36/h3-6,8,10,12,14-16,19-22H,7,9,11,13H2,1-2H3/t15-,16-,19-,20+,21+,22+,29-,30+/m0/s1. The van der Waals surface area contributed by atoms with Crippen molar-refractivity contribution in [2.45, 2.75) is 25.7 Å². The zero-order valence-corrected chi connectivity index (χ0v) is 22.1. The fraction of sp³-hybridized carbons (Fsp3) is 0.467. The molecule has 4 amide bonds. The number of methoxy groups -OCH3 is 2. The molecule has 9 rings (SSSR count). The molecular weight excluding hydrogens is 516 g/mol. The van der Waals surface area contributed by atoms with Crippen LogP contribution in [0.4, 0.5) is 11.4 Å². The highest BCUT2D eigenvalue weighted by atomic mass is 16.5. The lowest BCUT2D eigenvalue weighted by atomic mass is 9.55. The van der Waals surface area contributed by atoms with E-state index in [0.717, 1.165) is 9.80 Å². The fourth-order valence-electron chi connectivity index (χ4n) is 8.46. The molecule has 8 atom stereocenters. The Morgan fingerprint density at radius 2 is 1.15 bits per heavy atom. The number of hydrogen-bond donors (Lipinski definition) is 0. The second-order valence-electron chi connectivity index (χ2n) is 11.7. The summed E-state index contributed by atoms with van der Waals surface area (Å²) < 4.78 is 10.1. The lowest BCUT2D eigenvalue weighted by Crippen LogP contribution is -2.51. The first-order valence-electron chi connectivity index (χ1n) is 13.6. The molecule has 10 nitrogen and oxygen atoms in total. The molecule has 8 aliphatic rings. The molecule has 10 heteroatoms. The third kappa shape index (κ3) is 2.83. The van der Waals surface area contributed by atoms with Gasteiger partial charge in [0.1, 0.15) is 0 Å². The molecule has 2 aliphatic heterocycles. The molecule has 2 saturated carbocycles. The summed E-state index contributed by atoms with van der Waals surface area (Å²) in [6.07, 6.45) is 9.17. The highest BCUT2D eigenvalue weighted by Crippen LogP contribution is 2.59. The van der Waals surface area contributed by atoms with Crippen molar-refractivity contribution in [3.63, 3.8) is 0 Å². The Labute approximate surface area is 229 Å². The van der Waals surface area contributed by atoms with Crippen LogP contribution in [0.15, 0.2) is 48.6 Å². The lowest BCUT2D eigenvalue weighted by molar-refractivity contribution is -0.161. The van der Waals surface area contributed by atoms with Gasteiger partial charge in [0.25, 0.3) is 0 Å². The monoisotopic (exact) mass is 544 g/mol. The Morgan fingerprint density at radius 3 is 1.50 bits per heavy atom. The molecule has 1 aromatic rings. The Kier molecular flexibility index (Phi) is 5.12. The van der Waals surface area contributed by atoms with Crippen molar-refractivity contribution in [3.8, 4) is 0 Å². The first-order chi connectivity index (χ1) is 19.2. The van der Waals surface area contributed by atoms with Gasteiger partial charge in [-0.2, -0.15) is 0 Å². The average molecular weight is 545 g/mol. The van der Waals surface area contributed by atoms with Crippen LogP contribution in [0, 0.1) is 46.3 Å². The molecule has 0 aromatic heterocycles. The van der Waals surface area contributed by atoms with E-state index in [1.54, 1.807) is 30.4 Å². The molecule has 0 unspecified atom stereocenters. The van der Waals surface area contributed by atoms with Gasteiger partial charge in [0, 0.05) is 0 Å². The Balaban J connectivity index is 1.25. The summed E-state index contributed by atoms with van der Waals surface area (Å²) in [6, 6.07) is 6.23. The number of amides is 4. The van der Waals surface area contributed by atoms with Gasteiger partial charge in [-0.15, -0.1) is 0 Å². The SMILES string of the molecule is COC(=O)[C@]12C=C[C@@H](CC1)[C@H]1C(=O)N(c3cccc(N4C(=O)[C@H]5[C@H]6C=C[C@](C(=O)OC)(CC6)[C@H]5C4=O)c3)C(=O)[C@@H]12. The second-order valence-corrected chi connectivity index (χ2v) is 11.7. The average Bonchev–Trinajstić information content (AvgIpc) is 3.44. The molecular formula is C30H28N2O8. The summed E-state index contributed by atoms with van der Waals surface area (Å²) in [7, 11) is 2.55. The van der Waals surface area contributed by atoms with E-state index in [2.05, 4.69) is 0 Å². The van der Waals surface area contributed by atoms with Gasteiger partial charge in [0.15, 0.2) is 0 Å². The molecule has 6 aliphatic carbocycles. The minimum Gasteiger partial charge on any atom is -0.468 e. The number of rotatable bonds is 4. The number of carbonyl (C=O) groups excluding carboxylic acids is 6. The van der Waals surface area contributed by atoms with Crippen LogP contribution in [-0.2, 0) is 38.2 Å². The van der Waals surface area contributed by atoms with Crippen molar-refractivity contribution in [2.24, 2.45) is 46.3 Å². The van der Waals surface area contributed by atoms with Crippen LogP contribution >= 0.6 is 0 Å². The van der Waals surface area contributed by atoms with Crippen molar-refractivity contribution >= 4 is 46.9 Å². The van der Waals surface area contributed by atoms with Crippen LogP contribution in [0.25, 0.3) is 0 Å². The quantitative estimate of drug-likeness (QED) is 0.321. The van der Waals surface area contributed by atoms with E-state index in [1.807, 2.05) is 12.2 Å². The normalized spacial score (nSPS) is 38.6. The molecule has 2 saturated heterocycles. The van der Waals surface area contributed by atoms with Crippen LogP contribution in [0.1, 0.15) is 25.7 Å². The van der Waals surface area contributed by atoms with Crippen molar-refractivity contribution in [3.05, 3.63) is 48.6 Å². The van der Waals surface area contributed by atoms with Crippen LogP contribution in [0.5, 0.6) is 0 Å². The van der Waals surface area contributed by atoms with Crippen LogP contribution in [0.2, 0.25) is 0 Å². The van der Waals surface area contributed by atoms with Gasteiger partial charge < -0.3 is 9.47 Å². The van der Waals surface area contributed by atoms with E-state index < -0.39 is 70.1 Å². The van der Waals surface area contributed by atoms with E-state index in [1.165, 1.54) is 20.3 Å². The maximum Gasteiger partial charge on any atom is 0.316 e. The number of anilines is 2. The maximum atomic E-state index is 13.8. The topological polar surface area (TPSA) is 127 Å². The number of hydrogen-bond acceptors (Lipinski definition) is 8. The summed E-state index contributed by atoms with van der Waals surface area (Å²) in [5, 5.41) is 0. The number of nitrogens with zero attached hydrogens (tertiary/aromatic N) is 2. The second kappa shape index (κ2) is 8.22. The lowest BCUT2D eigenvalue weighted by Gasteiger charge is -2.45. The van der Waals surface area contributed by atoms with Gasteiger partial charge in [-0.3, -0.25) is 28.8 Å². The van der Waals surface area contributed by atoms with Gasteiger partial charge in [-0.25, -0.2) is 9.80 Å². The number of allylic oxidation sites excluding steroid dienone is 2. The first-order valence-corrected chi connectivity index (χ1v) is 13.6. The number of esters is 2. The predicted molar refractivity (Wildman–Crippen MR) is 138 cm³/mol. The summed E-state index contributed by atoms with van der Waals surface area (Å²) in [6.45, 7) is 0. The molecule has 0 radical (unpaired) electrons. The smallest absolute Gasteiger partial charge is 0.316 e. The van der Waals surface area contributed by atoms with E-state index >= 15 is 0 Å². The zero-order chi connectivity index (χ0) is 28.1. The maximum absolute atomic E-state index is 13.8. The predicted octanol–water partition coefficient (Wildman–Crippen LogP) is 2.18. The Bertz CT molecular complexity index is 1370. The molecule has 0 N–H and O–H groups in total. The molecule has 0 spiro atoms. The van der Waals surface area contributed by atoms with Crippen LogP contribution in [-0.4, -0.2) is 49.8 Å². The van der Waals surface area contributed by atoms with Crippen LogP contribution < -0.4 is 9.80 Å². The van der Waals surface area contributed by atoms with Gasteiger partial charge >= 0.3 is 11.9 Å². The summed E-state index contributed by atoms with van der Waals surface area (Å²) >= 11 is 0. The van der Waals surface area contributed by atoms with Crippen molar-refractivity contribution in [2.75, 3.05) is 24.0 Å². The highest BCUT2D eigenvalue weighted by Gasteiger charge is 2.67. The van der Waals surface area contributed by atoms with Gasteiger partial charge in [0.05, 0.1) is 60.1 Å². The number of ether oxygens (including phenoxy) is 2. The van der Waals surface area contributed by atoms with E-state index in [4.69, 9.17) is 9.47 Å².